The highest BCUT2D eigenvalue weighted by Crippen LogP contribution is 2.52. The van der Waals surface area contributed by atoms with Gasteiger partial charge < -0.3 is 14.9 Å². The summed E-state index contributed by atoms with van der Waals surface area (Å²) >= 11 is 0. The molecule has 0 saturated carbocycles. The Labute approximate surface area is 120 Å². The van der Waals surface area contributed by atoms with E-state index in [9.17, 15) is 10.2 Å². The highest BCUT2D eigenvalue weighted by atomic mass is 16.6. The number of ether oxygens (including phenoxy) is 1. The Balaban J connectivity index is 1.87. The standard InChI is InChI=1S/C17H13NO3/c19-14-10-6-5-9-7-8-3-1-2-4-11(8)18-13(9)12(10)16-17(21-16)15(14)20/h1-7,14-17,19-20H/t14-,15+,16+,17-/m1/s1. The molecule has 1 fully saturated rings. The Morgan fingerprint density at radius 3 is 2.76 bits per heavy atom. The van der Waals surface area contributed by atoms with Gasteiger partial charge in [-0.25, -0.2) is 4.98 Å². The second kappa shape index (κ2) is 3.80. The quantitative estimate of drug-likeness (QED) is 0.489. The van der Waals surface area contributed by atoms with Crippen molar-refractivity contribution in [2.24, 2.45) is 0 Å². The summed E-state index contributed by atoms with van der Waals surface area (Å²) < 4.78 is 5.56. The number of aliphatic hydroxyl groups is 2. The lowest BCUT2D eigenvalue weighted by Crippen LogP contribution is -2.29. The van der Waals surface area contributed by atoms with Crippen molar-refractivity contribution in [2.45, 2.75) is 24.4 Å². The summed E-state index contributed by atoms with van der Waals surface area (Å²) in [6, 6.07) is 13.9. The van der Waals surface area contributed by atoms with Crippen LogP contribution in [0.5, 0.6) is 0 Å². The molecule has 2 heterocycles. The van der Waals surface area contributed by atoms with E-state index in [1.807, 2.05) is 36.4 Å². The molecule has 2 aliphatic rings. The van der Waals surface area contributed by atoms with Gasteiger partial charge >= 0.3 is 0 Å². The summed E-state index contributed by atoms with van der Waals surface area (Å²) in [5, 5.41) is 22.3. The first-order chi connectivity index (χ1) is 10.2. The monoisotopic (exact) mass is 279 g/mol. The topological polar surface area (TPSA) is 65.9 Å². The van der Waals surface area contributed by atoms with Gasteiger partial charge in [0.1, 0.15) is 24.4 Å². The van der Waals surface area contributed by atoms with E-state index in [2.05, 4.69) is 6.07 Å². The van der Waals surface area contributed by atoms with Gasteiger partial charge in [0.2, 0.25) is 0 Å². The van der Waals surface area contributed by atoms with E-state index in [1.165, 1.54) is 0 Å². The van der Waals surface area contributed by atoms with Gasteiger partial charge in [-0.05, 0) is 17.7 Å². The molecule has 0 amide bonds. The summed E-state index contributed by atoms with van der Waals surface area (Å²) in [7, 11) is 0. The Morgan fingerprint density at radius 1 is 1.00 bits per heavy atom. The van der Waals surface area contributed by atoms with Crippen LogP contribution >= 0.6 is 0 Å². The molecule has 1 saturated heterocycles. The molecule has 21 heavy (non-hydrogen) atoms. The fourth-order valence-corrected chi connectivity index (χ4v) is 3.42. The Bertz CT molecular complexity index is 892. The number of epoxide rings is 1. The second-order valence-corrected chi connectivity index (χ2v) is 5.78. The van der Waals surface area contributed by atoms with Crippen molar-refractivity contribution < 1.29 is 14.9 Å². The first kappa shape index (κ1) is 11.6. The third-order valence-corrected chi connectivity index (χ3v) is 4.55. The highest BCUT2D eigenvalue weighted by Gasteiger charge is 2.54. The summed E-state index contributed by atoms with van der Waals surface area (Å²) in [4.78, 5) is 4.75. The van der Waals surface area contributed by atoms with Gasteiger partial charge in [0.15, 0.2) is 0 Å². The lowest BCUT2D eigenvalue weighted by molar-refractivity contribution is 0.0000942. The molecule has 4 atom stereocenters. The van der Waals surface area contributed by atoms with Gasteiger partial charge in [0, 0.05) is 16.3 Å². The zero-order valence-electron chi connectivity index (χ0n) is 11.1. The molecule has 0 unspecified atom stereocenters. The number of aromatic nitrogens is 1. The van der Waals surface area contributed by atoms with E-state index in [-0.39, 0.29) is 12.2 Å². The Hall–Kier alpha value is -2.01. The van der Waals surface area contributed by atoms with Crippen molar-refractivity contribution in [1.29, 1.82) is 0 Å². The van der Waals surface area contributed by atoms with Crippen LogP contribution in [0.2, 0.25) is 0 Å². The van der Waals surface area contributed by atoms with Crippen LogP contribution in [0.4, 0.5) is 0 Å². The fourth-order valence-electron chi connectivity index (χ4n) is 3.42. The molecular weight excluding hydrogens is 266 g/mol. The van der Waals surface area contributed by atoms with Crippen LogP contribution < -0.4 is 0 Å². The smallest absolute Gasteiger partial charge is 0.118 e. The van der Waals surface area contributed by atoms with Crippen molar-refractivity contribution in [1.82, 2.24) is 4.98 Å². The van der Waals surface area contributed by atoms with Crippen molar-refractivity contribution >= 4 is 21.8 Å². The SMILES string of the molecule is O[C@@H]1[C@H]2O[C@H]2c2c(ccc3cc4ccccc4nc23)[C@H]1O. The van der Waals surface area contributed by atoms with E-state index < -0.39 is 12.2 Å². The van der Waals surface area contributed by atoms with Gasteiger partial charge in [-0.2, -0.15) is 0 Å². The number of nitrogens with zero attached hydrogens (tertiary/aromatic N) is 1. The number of hydrogen-bond donors (Lipinski definition) is 2. The molecule has 0 spiro atoms. The maximum Gasteiger partial charge on any atom is 0.118 e. The zero-order valence-corrected chi connectivity index (χ0v) is 11.1. The highest BCUT2D eigenvalue weighted by molar-refractivity contribution is 5.95. The zero-order chi connectivity index (χ0) is 14.1. The Morgan fingerprint density at radius 2 is 1.86 bits per heavy atom. The van der Waals surface area contributed by atoms with Crippen LogP contribution in [0.1, 0.15) is 23.3 Å². The maximum absolute atomic E-state index is 10.2. The number of pyridine rings is 1. The average molecular weight is 279 g/mol. The molecule has 2 aromatic carbocycles. The first-order valence-corrected chi connectivity index (χ1v) is 7.08. The van der Waals surface area contributed by atoms with Crippen LogP contribution in [0, 0.1) is 0 Å². The molecular formula is C17H13NO3. The van der Waals surface area contributed by atoms with Gasteiger partial charge in [0.25, 0.3) is 0 Å². The predicted octanol–water partition coefficient (Wildman–Crippen LogP) is 2.24. The molecule has 5 rings (SSSR count). The predicted molar refractivity (Wildman–Crippen MR) is 77.8 cm³/mol. The van der Waals surface area contributed by atoms with E-state index in [0.29, 0.717) is 0 Å². The van der Waals surface area contributed by atoms with E-state index >= 15 is 0 Å². The van der Waals surface area contributed by atoms with Gasteiger partial charge in [-0.3, -0.25) is 0 Å². The fraction of sp³-hybridized carbons (Fsp3) is 0.235. The molecule has 2 N–H and O–H groups in total. The number of rotatable bonds is 0. The number of para-hydroxylation sites is 1. The van der Waals surface area contributed by atoms with Crippen LogP contribution in [0.3, 0.4) is 0 Å². The molecule has 0 radical (unpaired) electrons. The minimum Gasteiger partial charge on any atom is -0.387 e. The van der Waals surface area contributed by atoms with E-state index in [0.717, 1.165) is 32.9 Å². The van der Waals surface area contributed by atoms with Crippen molar-refractivity contribution in [2.75, 3.05) is 0 Å². The molecule has 1 aromatic heterocycles. The van der Waals surface area contributed by atoms with Crippen LogP contribution in [-0.2, 0) is 4.74 Å². The van der Waals surface area contributed by atoms with Crippen molar-refractivity contribution in [3.05, 3.63) is 53.6 Å². The average Bonchev–Trinajstić information content (AvgIpc) is 3.30. The molecule has 104 valence electrons. The third kappa shape index (κ3) is 1.47. The van der Waals surface area contributed by atoms with Crippen molar-refractivity contribution in [3.8, 4) is 0 Å². The Kier molecular flexibility index (Phi) is 2.10. The summed E-state index contributed by atoms with van der Waals surface area (Å²) in [6.45, 7) is 0. The lowest BCUT2D eigenvalue weighted by atomic mass is 9.85. The minimum absolute atomic E-state index is 0.143. The number of hydrogen-bond acceptors (Lipinski definition) is 4. The summed E-state index contributed by atoms with van der Waals surface area (Å²) in [6.07, 6.45) is -2.19. The van der Waals surface area contributed by atoms with Gasteiger partial charge in [0.05, 0.1) is 11.0 Å². The minimum atomic E-state index is -0.901. The molecule has 1 aliphatic heterocycles. The first-order valence-electron chi connectivity index (χ1n) is 7.08. The molecule has 1 aliphatic carbocycles. The molecule has 4 nitrogen and oxygen atoms in total. The van der Waals surface area contributed by atoms with Crippen molar-refractivity contribution in [3.63, 3.8) is 0 Å². The number of fused-ring (bicyclic) bond motifs is 6. The number of aliphatic hydroxyl groups excluding tert-OH is 2. The van der Waals surface area contributed by atoms with Gasteiger partial charge in [-0.1, -0.05) is 30.3 Å². The normalized spacial score (nSPS) is 30.2. The van der Waals surface area contributed by atoms with E-state index in [4.69, 9.17) is 9.72 Å². The number of benzene rings is 2. The summed E-state index contributed by atoms with van der Waals surface area (Å²) in [5.74, 6) is 0. The third-order valence-electron chi connectivity index (χ3n) is 4.55. The van der Waals surface area contributed by atoms with Crippen LogP contribution in [-0.4, -0.2) is 27.4 Å². The molecule has 0 bridgehead atoms. The summed E-state index contributed by atoms with van der Waals surface area (Å²) in [5.41, 5.74) is 3.46. The second-order valence-electron chi connectivity index (χ2n) is 5.78. The largest absolute Gasteiger partial charge is 0.387 e. The lowest BCUT2D eigenvalue weighted by Gasteiger charge is -2.24. The molecule has 3 aromatic rings. The molecule has 4 heteroatoms. The van der Waals surface area contributed by atoms with E-state index in [1.54, 1.807) is 0 Å². The van der Waals surface area contributed by atoms with Crippen LogP contribution in [0.15, 0.2) is 42.5 Å². The van der Waals surface area contributed by atoms with Gasteiger partial charge in [-0.15, -0.1) is 0 Å². The van der Waals surface area contributed by atoms with Crippen LogP contribution in [0.25, 0.3) is 21.8 Å². The maximum atomic E-state index is 10.2.